The van der Waals surface area contributed by atoms with Crippen molar-refractivity contribution in [2.75, 3.05) is 0 Å². The molecular formula is C9H18O2. The molecule has 1 aliphatic rings. The molecule has 1 atom stereocenters. The van der Waals surface area contributed by atoms with Crippen LogP contribution in [0.1, 0.15) is 45.4 Å². The van der Waals surface area contributed by atoms with E-state index in [1.807, 2.05) is 0 Å². The standard InChI is InChI=1S/C9H18O2/c1-2-3-5-8-6-4-7-9(8,10)11/h8,10-11H,2-7H2,1H3. The van der Waals surface area contributed by atoms with Crippen LogP contribution in [0.25, 0.3) is 0 Å². The summed E-state index contributed by atoms with van der Waals surface area (Å²) in [5, 5.41) is 18.9. The Bertz CT molecular complexity index is 121. The average Bonchev–Trinajstić information content (AvgIpc) is 2.25. The summed E-state index contributed by atoms with van der Waals surface area (Å²) in [7, 11) is 0. The van der Waals surface area contributed by atoms with E-state index in [-0.39, 0.29) is 5.92 Å². The first-order chi connectivity index (χ1) is 5.17. The van der Waals surface area contributed by atoms with Crippen molar-refractivity contribution >= 4 is 0 Å². The van der Waals surface area contributed by atoms with Crippen molar-refractivity contribution in [2.24, 2.45) is 5.92 Å². The molecule has 2 N–H and O–H groups in total. The highest BCUT2D eigenvalue weighted by Gasteiger charge is 2.38. The maximum absolute atomic E-state index is 9.44. The van der Waals surface area contributed by atoms with Gasteiger partial charge in [0, 0.05) is 12.3 Å². The van der Waals surface area contributed by atoms with Gasteiger partial charge in [-0.25, -0.2) is 0 Å². The molecule has 0 bridgehead atoms. The molecule has 2 heteroatoms. The second-order valence-electron chi connectivity index (χ2n) is 3.61. The van der Waals surface area contributed by atoms with E-state index in [1.54, 1.807) is 0 Å². The molecule has 1 unspecified atom stereocenters. The SMILES string of the molecule is CCCCC1CCCC1(O)O. The number of hydrogen-bond acceptors (Lipinski definition) is 2. The van der Waals surface area contributed by atoms with Gasteiger partial charge in [-0.2, -0.15) is 0 Å². The Morgan fingerprint density at radius 1 is 1.45 bits per heavy atom. The lowest BCUT2D eigenvalue weighted by molar-refractivity contribution is -0.186. The average molecular weight is 158 g/mol. The summed E-state index contributed by atoms with van der Waals surface area (Å²) >= 11 is 0. The van der Waals surface area contributed by atoms with Gasteiger partial charge in [-0.3, -0.25) is 0 Å². The zero-order valence-electron chi connectivity index (χ0n) is 7.21. The van der Waals surface area contributed by atoms with Crippen LogP contribution in [0.2, 0.25) is 0 Å². The van der Waals surface area contributed by atoms with Crippen molar-refractivity contribution in [1.82, 2.24) is 0 Å². The quantitative estimate of drug-likeness (QED) is 0.613. The molecule has 0 saturated heterocycles. The van der Waals surface area contributed by atoms with Crippen LogP contribution in [0, 0.1) is 5.92 Å². The minimum absolute atomic E-state index is 0.141. The lowest BCUT2D eigenvalue weighted by atomic mass is 9.96. The van der Waals surface area contributed by atoms with Crippen LogP contribution in [-0.2, 0) is 0 Å². The second kappa shape index (κ2) is 3.55. The lowest BCUT2D eigenvalue weighted by Crippen LogP contribution is -2.32. The van der Waals surface area contributed by atoms with Crippen LogP contribution in [-0.4, -0.2) is 16.0 Å². The Morgan fingerprint density at radius 3 is 2.64 bits per heavy atom. The molecule has 1 rings (SSSR count). The van der Waals surface area contributed by atoms with Gasteiger partial charge in [-0.1, -0.05) is 19.8 Å². The maximum atomic E-state index is 9.44. The van der Waals surface area contributed by atoms with Gasteiger partial charge in [0.2, 0.25) is 0 Å². The monoisotopic (exact) mass is 158 g/mol. The van der Waals surface area contributed by atoms with Gasteiger partial charge in [-0.05, 0) is 19.3 Å². The molecule has 1 aliphatic carbocycles. The van der Waals surface area contributed by atoms with Crippen LogP contribution in [0.15, 0.2) is 0 Å². The summed E-state index contributed by atoms with van der Waals surface area (Å²) in [4.78, 5) is 0. The molecule has 0 aliphatic heterocycles. The third kappa shape index (κ3) is 2.17. The maximum Gasteiger partial charge on any atom is 0.165 e. The molecule has 2 nitrogen and oxygen atoms in total. The summed E-state index contributed by atoms with van der Waals surface area (Å²) in [6, 6.07) is 0. The van der Waals surface area contributed by atoms with E-state index >= 15 is 0 Å². The second-order valence-corrected chi connectivity index (χ2v) is 3.61. The Kier molecular flexibility index (Phi) is 2.90. The van der Waals surface area contributed by atoms with Crippen LogP contribution < -0.4 is 0 Å². The molecule has 1 fully saturated rings. The van der Waals surface area contributed by atoms with Crippen molar-refractivity contribution < 1.29 is 10.2 Å². The molecule has 1 saturated carbocycles. The van der Waals surface area contributed by atoms with E-state index < -0.39 is 5.79 Å². The van der Waals surface area contributed by atoms with Crippen LogP contribution >= 0.6 is 0 Å². The molecule has 0 spiro atoms. The molecule has 0 aromatic rings. The van der Waals surface area contributed by atoms with E-state index in [9.17, 15) is 10.2 Å². The topological polar surface area (TPSA) is 40.5 Å². The first-order valence-electron chi connectivity index (χ1n) is 4.61. The number of unbranched alkanes of at least 4 members (excludes halogenated alkanes) is 1. The van der Waals surface area contributed by atoms with Gasteiger partial charge >= 0.3 is 0 Å². The first-order valence-corrected chi connectivity index (χ1v) is 4.61. The Morgan fingerprint density at radius 2 is 2.18 bits per heavy atom. The smallest absolute Gasteiger partial charge is 0.165 e. The van der Waals surface area contributed by atoms with Crippen molar-refractivity contribution in [1.29, 1.82) is 0 Å². The molecule has 11 heavy (non-hydrogen) atoms. The highest BCUT2D eigenvalue weighted by Crippen LogP contribution is 2.36. The van der Waals surface area contributed by atoms with E-state index in [4.69, 9.17) is 0 Å². The third-order valence-corrected chi connectivity index (χ3v) is 2.66. The van der Waals surface area contributed by atoms with Crippen molar-refractivity contribution in [2.45, 2.75) is 51.2 Å². The highest BCUT2D eigenvalue weighted by atomic mass is 16.5. The fourth-order valence-electron chi connectivity index (χ4n) is 1.87. The van der Waals surface area contributed by atoms with Crippen LogP contribution in [0.4, 0.5) is 0 Å². The molecular weight excluding hydrogens is 140 g/mol. The Balaban J connectivity index is 2.32. The summed E-state index contributed by atoms with van der Waals surface area (Å²) in [6.45, 7) is 2.13. The molecule has 0 amide bonds. The van der Waals surface area contributed by atoms with Gasteiger partial charge in [0.25, 0.3) is 0 Å². The zero-order chi connectivity index (χ0) is 8.32. The van der Waals surface area contributed by atoms with E-state index in [1.165, 1.54) is 0 Å². The van der Waals surface area contributed by atoms with Gasteiger partial charge in [0.05, 0.1) is 0 Å². The molecule has 66 valence electrons. The predicted octanol–water partition coefficient (Wildman–Crippen LogP) is 1.66. The normalized spacial score (nSPS) is 29.2. The summed E-state index contributed by atoms with van der Waals surface area (Å²) < 4.78 is 0. The van der Waals surface area contributed by atoms with E-state index in [0.717, 1.165) is 32.1 Å². The summed E-state index contributed by atoms with van der Waals surface area (Å²) in [5.74, 6) is -1.20. The van der Waals surface area contributed by atoms with Crippen LogP contribution in [0.3, 0.4) is 0 Å². The highest BCUT2D eigenvalue weighted by molar-refractivity contribution is 4.82. The number of rotatable bonds is 3. The minimum Gasteiger partial charge on any atom is -0.365 e. The van der Waals surface area contributed by atoms with Gasteiger partial charge in [-0.15, -0.1) is 0 Å². The first kappa shape index (κ1) is 9.01. The number of aliphatic hydroxyl groups is 2. The van der Waals surface area contributed by atoms with Gasteiger partial charge < -0.3 is 10.2 Å². The number of hydrogen-bond donors (Lipinski definition) is 2. The minimum atomic E-state index is -1.34. The predicted molar refractivity (Wildman–Crippen MR) is 44.0 cm³/mol. The summed E-state index contributed by atoms with van der Waals surface area (Å²) in [5.41, 5.74) is 0. The Labute approximate surface area is 68.2 Å². The van der Waals surface area contributed by atoms with E-state index in [0.29, 0.717) is 6.42 Å². The fraction of sp³-hybridized carbons (Fsp3) is 1.00. The summed E-state index contributed by atoms with van der Waals surface area (Å²) in [6.07, 6.45) is 5.78. The molecule has 0 heterocycles. The Hall–Kier alpha value is -0.0800. The van der Waals surface area contributed by atoms with Crippen molar-refractivity contribution in [3.05, 3.63) is 0 Å². The fourth-order valence-corrected chi connectivity index (χ4v) is 1.87. The van der Waals surface area contributed by atoms with Crippen molar-refractivity contribution in [3.8, 4) is 0 Å². The van der Waals surface area contributed by atoms with Crippen molar-refractivity contribution in [3.63, 3.8) is 0 Å². The lowest BCUT2D eigenvalue weighted by Gasteiger charge is -2.23. The van der Waals surface area contributed by atoms with Gasteiger partial charge in [0.15, 0.2) is 5.79 Å². The third-order valence-electron chi connectivity index (χ3n) is 2.66. The molecule has 0 aromatic heterocycles. The molecule has 0 aromatic carbocycles. The van der Waals surface area contributed by atoms with Crippen LogP contribution in [0.5, 0.6) is 0 Å². The van der Waals surface area contributed by atoms with E-state index in [2.05, 4.69) is 6.92 Å². The zero-order valence-corrected chi connectivity index (χ0v) is 7.21. The molecule has 0 radical (unpaired) electrons. The largest absolute Gasteiger partial charge is 0.365 e. The van der Waals surface area contributed by atoms with Gasteiger partial charge in [0.1, 0.15) is 0 Å².